The van der Waals surface area contributed by atoms with E-state index in [1.807, 2.05) is 62.4 Å². The molecule has 0 radical (unpaired) electrons. The monoisotopic (exact) mass is 371 g/mol. The lowest BCUT2D eigenvalue weighted by Gasteiger charge is -2.13. The number of aromatic nitrogens is 2. The number of ether oxygens (including phenoxy) is 1. The molecule has 0 bridgehead atoms. The van der Waals surface area contributed by atoms with Crippen molar-refractivity contribution in [1.82, 2.24) is 9.97 Å². The highest BCUT2D eigenvalue weighted by Gasteiger charge is 2.10. The lowest BCUT2D eigenvalue weighted by Crippen LogP contribution is -2.07. The van der Waals surface area contributed by atoms with E-state index in [2.05, 4.69) is 20.6 Å². The van der Waals surface area contributed by atoms with Crippen LogP contribution in [0.3, 0.4) is 0 Å². The fourth-order valence-corrected chi connectivity index (χ4v) is 2.40. The lowest BCUT2D eigenvalue weighted by molar-refractivity contribution is 0.415. The van der Waals surface area contributed by atoms with Crippen LogP contribution in [0.15, 0.2) is 48.5 Å². The SMILES string of the molecule is COc1ccc(Nc2nc(Nc3cccc(C)c3)nc(C)c2N)cc1.Cl. The Morgan fingerprint density at radius 2 is 1.65 bits per heavy atom. The molecular formula is C19H22ClN5O. The molecule has 1 heterocycles. The number of rotatable bonds is 5. The van der Waals surface area contributed by atoms with Gasteiger partial charge in [-0.05, 0) is 55.8 Å². The lowest BCUT2D eigenvalue weighted by atomic mass is 10.2. The van der Waals surface area contributed by atoms with Crippen LogP contribution >= 0.6 is 12.4 Å². The van der Waals surface area contributed by atoms with Crippen molar-refractivity contribution in [3.05, 3.63) is 59.8 Å². The molecule has 0 aliphatic rings. The normalized spacial score (nSPS) is 9.96. The molecule has 0 aliphatic carbocycles. The molecule has 26 heavy (non-hydrogen) atoms. The Balaban J connectivity index is 0.00000243. The zero-order valence-corrected chi connectivity index (χ0v) is 15.7. The van der Waals surface area contributed by atoms with Crippen LogP contribution in [-0.4, -0.2) is 17.1 Å². The van der Waals surface area contributed by atoms with Gasteiger partial charge < -0.3 is 21.1 Å². The van der Waals surface area contributed by atoms with Crippen molar-refractivity contribution in [3.8, 4) is 5.75 Å². The second-order valence-corrected chi connectivity index (χ2v) is 5.74. The van der Waals surface area contributed by atoms with Gasteiger partial charge in [0.1, 0.15) is 5.75 Å². The maximum absolute atomic E-state index is 6.13. The summed E-state index contributed by atoms with van der Waals surface area (Å²) >= 11 is 0. The number of anilines is 5. The van der Waals surface area contributed by atoms with Crippen molar-refractivity contribution in [2.24, 2.45) is 0 Å². The van der Waals surface area contributed by atoms with E-state index in [1.165, 1.54) is 0 Å². The molecule has 0 unspecified atom stereocenters. The fraction of sp³-hybridized carbons (Fsp3) is 0.158. The summed E-state index contributed by atoms with van der Waals surface area (Å²) in [6.45, 7) is 3.90. The standard InChI is InChI=1S/C19H21N5O.ClH/c1-12-5-4-6-15(11-12)23-19-21-13(2)17(20)18(24-19)22-14-7-9-16(25-3)10-8-14;/h4-11H,20H2,1-3H3,(H2,21,22,23,24);1H. The maximum atomic E-state index is 6.13. The first-order chi connectivity index (χ1) is 12.0. The van der Waals surface area contributed by atoms with E-state index in [0.29, 0.717) is 23.1 Å². The summed E-state index contributed by atoms with van der Waals surface area (Å²) in [7, 11) is 1.64. The van der Waals surface area contributed by atoms with Gasteiger partial charge >= 0.3 is 0 Å². The number of nitrogens with two attached hydrogens (primary N) is 1. The summed E-state index contributed by atoms with van der Waals surface area (Å²) in [4.78, 5) is 8.93. The highest BCUT2D eigenvalue weighted by Crippen LogP contribution is 2.26. The Bertz CT molecular complexity index is 884. The first-order valence-electron chi connectivity index (χ1n) is 7.94. The molecule has 3 aromatic rings. The Morgan fingerprint density at radius 3 is 2.31 bits per heavy atom. The van der Waals surface area contributed by atoms with E-state index in [0.717, 1.165) is 22.7 Å². The van der Waals surface area contributed by atoms with Gasteiger partial charge in [-0.2, -0.15) is 4.98 Å². The fourth-order valence-electron chi connectivity index (χ4n) is 2.40. The molecule has 4 N–H and O–H groups in total. The highest BCUT2D eigenvalue weighted by molar-refractivity contribution is 5.85. The number of benzene rings is 2. The van der Waals surface area contributed by atoms with E-state index in [4.69, 9.17) is 10.5 Å². The highest BCUT2D eigenvalue weighted by atomic mass is 35.5. The molecule has 7 heteroatoms. The van der Waals surface area contributed by atoms with Gasteiger partial charge in [0.15, 0.2) is 5.82 Å². The van der Waals surface area contributed by atoms with Gasteiger partial charge in [0.05, 0.1) is 18.5 Å². The van der Waals surface area contributed by atoms with Crippen molar-refractivity contribution in [2.45, 2.75) is 13.8 Å². The minimum Gasteiger partial charge on any atom is -0.497 e. The Kier molecular flexibility index (Phi) is 6.25. The average molecular weight is 372 g/mol. The van der Waals surface area contributed by atoms with Crippen LogP contribution in [0.4, 0.5) is 28.8 Å². The number of nitrogens with zero attached hydrogens (tertiary/aromatic N) is 2. The van der Waals surface area contributed by atoms with Crippen LogP contribution in [0.1, 0.15) is 11.3 Å². The van der Waals surface area contributed by atoms with Crippen molar-refractivity contribution in [3.63, 3.8) is 0 Å². The van der Waals surface area contributed by atoms with Crippen molar-refractivity contribution in [1.29, 1.82) is 0 Å². The third-order valence-electron chi connectivity index (χ3n) is 3.76. The van der Waals surface area contributed by atoms with Crippen molar-refractivity contribution >= 4 is 41.2 Å². The minimum absolute atomic E-state index is 0. The van der Waals surface area contributed by atoms with Gasteiger partial charge in [-0.25, -0.2) is 4.98 Å². The van der Waals surface area contributed by atoms with Gasteiger partial charge in [-0.15, -0.1) is 12.4 Å². The van der Waals surface area contributed by atoms with E-state index in [-0.39, 0.29) is 12.4 Å². The largest absolute Gasteiger partial charge is 0.497 e. The van der Waals surface area contributed by atoms with Crippen molar-refractivity contribution in [2.75, 3.05) is 23.5 Å². The third kappa shape index (κ3) is 4.55. The minimum atomic E-state index is 0. The predicted molar refractivity (Wildman–Crippen MR) is 109 cm³/mol. The zero-order chi connectivity index (χ0) is 17.8. The van der Waals surface area contributed by atoms with Crippen LogP contribution in [0.2, 0.25) is 0 Å². The van der Waals surface area contributed by atoms with Gasteiger partial charge in [-0.1, -0.05) is 12.1 Å². The molecule has 1 aromatic heterocycles. The summed E-state index contributed by atoms with van der Waals surface area (Å²) < 4.78 is 5.17. The quantitative estimate of drug-likeness (QED) is 0.608. The van der Waals surface area contributed by atoms with Crippen LogP contribution in [0, 0.1) is 13.8 Å². The molecule has 0 aliphatic heterocycles. The second-order valence-electron chi connectivity index (χ2n) is 5.74. The van der Waals surface area contributed by atoms with Gasteiger partial charge in [0.25, 0.3) is 0 Å². The van der Waals surface area contributed by atoms with Crippen LogP contribution < -0.4 is 21.1 Å². The molecule has 0 saturated carbocycles. The molecule has 0 amide bonds. The molecular weight excluding hydrogens is 350 g/mol. The Hall–Kier alpha value is -2.99. The molecule has 3 rings (SSSR count). The number of halogens is 1. The molecule has 136 valence electrons. The molecule has 0 saturated heterocycles. The maximum Gasteiger partial charge on any atom is 0.229 e. The first-order valence-corrected chi connectivity index (χ1v) is 7.94. The smallest absolute Gasteiger partial charge is 0.229 e. The van der Waals surface area contributed by atoms with Crippen LogP contribution in [-0.2, 0) is 0 Å². The Labute approximate surface area is 159 Å². The number of nitrogens with one attached hydrogen (secondary N) is 2. The third-order valence-corrected chi connectivity index (χ3v) is 3.76. The summed E-state index contributed by atoms with van der Waals surface area (Å²) in [6, 6.07) is 15.6. The number of aryl methyl sites for hydroxylation is 2. The Morgan fingerprint density at radius 1 is 0.923 bits per heavy atom. The summed E-state index contributed by atoms with van der Waals surface area (Å²) in [6.07, 6.45) is 0. The van der Waals surface area contributed by atoms with Crippen LogP contribution in [0.5, 0.6) is 5.75 Å². The molecule has 6 nitrogen and oxygen atoms in total. The first kappa shape index (κ1) is 19.3. The number of methoxy groups -OCH3 is 1. The van der Waals surface area contributed by atoms with E-state index < -0.39 is 0 Å². The number of nitrogen functional groups attached to an aromatic ring is 1. The summed E-state index contributed by atoms with van der Waals surface area (Å²) in [5.74, 6) is 1.85. The van der Waals surface area contributed by atoms with Gasteiger partial charge in [-0.3, -0.25) is 0 Å². The molecule has 0 atom stereocenters. The predicted octanol–water partition coefficient (Wildman–Crippen LogP) is 4.59. The van der Waals surface area contributed by atoms with Gasteiger partial charge in [0, 0.05) is 11.4 Å². The van der Waals surface area contributed by atoms with Crippen LogP contribution in [0.25, 0.3) is 0 Å². The zero-order valence-electron chi connectivity index (χ0n) is 14.9. The van der Waals surface area contributed by atoms with Crippen molar-refractivity contribution < 1.29 is 4.74 Å². The molecule has 0 fully saturated rings. The second kappa shape index (κ2) is 8.40. The molecule has 0 spiro atoms. The summed E-state index contributed by atoms with van der Waals surface area (Å²) in [5.41, 5.74) is 10.3. The van der Waals surface area contributed by atoms with E-state index >= 15 is 0 Å². The van der Waals surface area contributed by atoms with Gasteiger partial charge in [0.2, 0.25) is 5.95 Å². The summed E-state index contributed by atoms with van der Waals surface area (Å²) in [5, 5.41) is 6.45. The molecule has 2 aromatic carbocycles. The average Bonchev–Trinajstić information content (AvgIpc) is 2.60. The topological polar surface area (TPSA) is 85.1 Å². The number of hydrogen-bond acceptors (Lipinski definition) is 6. The van der Waals surface area contributed by atoms with E-state index in [9.17, 15) is 0 Å². The van der Waals surface area contributed by atoms with E-state index in [1.54, 1.807) is 7.11 Å². The number of hydrogen-bond donors (Lipinski definition) is 3.